The van der Waals surface area contributed by atoms with Crippen LogP contribution < -0.4 is 10.6 Å². The lowest BCUT2D eigenvalue weighted by atomic mass is 9.92. The Bertz CT molecular complexity index is 816. The Labute approximate surface area is 193 Å². The van der Waals surface area contributed by atoms with Crippen LogP contribution in [0.3, 0.4) is 0 Å². The van der Waals surface area contributed by atoms with Gasteiger partial charge in [0.05, 0.1) is 43.6 Å². The molecular weight excluding hydrogens is 432 g/mol. The molecule has 0 aromatic carbocycles. The summed E-state index contributed by atoms with van der Waals surface area (Å²) in [5.41, 5.74) is -0.610. The molecule has 2 N–H and O–H groups in total. The van der Waals surface area contributed by atoms with E-state index in [1.54, 1.807) is 6.92 Å². The van der Waals surface area contributed by atoms with Gasteiger partial charge in [-0.15, -0.1) is 0 Å². The number of rotatable bonds is 15. The summed E-state index contributed by atoms with van der Waals surface area (Å²) in [5.74, 6) is -2.22. The summed E-state index contributed by atoms with van der Waals surface area (Å²) in [6.45, 7) is 5.85. The van der Waals surface area contributed by atoms with E-state index in [9.17, 15) is 19.2 Å². The normalized spacial score (nSPS) is 20.1. The second-order valence-corrected chi connectivity index (χ2v) is 8.89. The molecule has 1 saturated heterocycles. The highest BCUT2D eigenvalue weighted by atomic mass is 16.6. The number of carbonyl (C=O) groups excluding carboxylic acids is 4. The molecule has 1 aliphatic heterocycles. The smallest absolute Gasteiger partial charge is 0.255 e. The predicted molar refractivity (Wildman–Crippen MR) is 118 cm³/mol. The van der Waals surface area contributed by atoms with Crippen LogP contribution >= 0.6 is 0 Å². The van der Waals surface area contributed by atoms with Crippen molar-refractivity contribution in [1.82, 2.24) is 10.6 Å². The number of ketones is 2. The van der Waals surface area contributed by atoms with Crippen LogP contribution in [0.5, 0.6) is 0 Å². The van der Waals surface area contributed by atoms with Gasteiger partial charge >= 0.3 is 0 Å². The van der Waals surface area contributed by atoms with E-state index >= 15 is 0 Å². The minimum Gasteiger partial charge on any atom is -0.472 e. The van der Waals surface area contributed by atoms with Gasteiger partial charge in [-0.1, -0.05) is 13.8 Å². The first-order valence-corrected chi connectivity index (χ1v) is 10.9. The number of epoxide rings is 1. The molecule has 1 aromatic rings. The number of nitrogens with one attached hydrogen (secondary N) is 2. The number of methoxy groups -OCH3 is 2. The van der Waals surface area contributed by atoms with Crippen LogP contribution in [-0.2, 0) is 28.6 Å². The van der Waals surface area contributed by atoms with E-state index in [1.165, 1.54) is 32.8 Å². The number of hydrogen-bond donors (Lipinski definition) is 2. The molecule has 0 saturated carbocycles. The van der Waals surface area contributed by atoms with Crippen molar-refractivity contribution >= 4 is 23.4 Å². The van der Waals surface area contributed by atoms with E-state index in [-0.39, 0.29) is 36.9 Å². The van der Waals surface area contributed by atoms with Crippen molar-refractivity contribution in [1.29, 1.82) is 0 Å². The fraction of sp³-hybridized carbons (Fsp3) is 0.652. The van der Waals surface area contributed by atoms with Gasteiger partial charge in [0.15, 0.2) is 11.6 Å². The average Bonchev–Trinajstić information content (AvgIpc) is 3.27. The summed E-state index contributed by atoms with van der Waals surface area (Å²) in [6.07, 6.45) is 2.86. The molecular formula is C23H34N2O8. The maximum atomic E-state index is 13.0. The van der Waals surface area contributed by atoms with Gasteiger partial charge in [-0.05, 0) is 25.3 Å². The van der Waals surface area contributed by atoms with Crippen LogP contribution in [0.25, 0.3) is 0 Å². The summed E-state index contributed by atoms with van der Waals surface area (Å²) in [7, 11) is 2.83. The largest absolute Gasteiger partial charge is 0.472 e. The molecule has 33 heavy (non-hydrogen) atoms. The Morgan fingerprint density at radius 2 is 1.76 bits per heavy atom. The Kier molecular flexibility index (Phi) is 9.75. The van der Waals surface area contributed by atoms with Gasteiger partial charge in [0.1, 0.15) is 17.9 Å². The Morgan fingerprint density at radius 3 is 2.27 bits per heavy atom. The topological polar surface area (TPSA) is 136 Å². The van der Waals surface area contributed by atoms with Crippen molar-refractivity contribution in [3.63, 3.8) is 0 Å². The molecule has 0 radical (unpaired) electrons. The molecule has 2 heterocycles. The number of Topliss-reactive ketones (excluding diaryl/α,β-unsaturated/α-hetero) is 2. The minimum atomic E-state index is -0.962. The molecule has 1 fully saturated rings. The zero-order valence-corrected chi connectivity index (χ0v) is 19.8. The highest BCUT2D eigenvalue weighted by Gasteiger charge is 2.50. The number of ether oxygens (including phenoxy) is 3. The first kappa shape index (κ1) is 26.7. The predicted octanol–water partition coefficient (Wildman–Crippen LogP) is 1.14. The van der Waals surface area contributed by atoms with Crippen LogP contribution in [-0.4, -0.2) is 75.1 Å². The number of amides is 2. The first-order valence-electron chi connectivity index (χ1n) is 10.9. The van der Waals surface area contributed by atoms with Crippen LogP contribution in [0.1, 0.15) is 44.0 Å². The lowest BCUT2D eigenvalue weighted by Gasteiger charge is -2.25. The summed E-state index contributed by atoms with van der Waals surface area (Å²) in [5, 5.41) is 5.39. The zero-order valence-electron chi connectivity index (χ0n) is 19.8. The lowest BCUT2D eigenvalue weighted by molar-refractivity contribution is -0.135. The van der Waals surface area contributed by atoms with Crippen molar-refractivity contribution in [2.24, 2.45) is 11.8 Å². The van der Waals surface area contributed by atoms with Gasteiger partial charge in [0.25, 0.3) is 5.91 Å². The third-order valence-corrected chi connectivity index (χ3v) is 5.44. The van der Waals surface area contributed by atoms with E-state index in [4.69, 9.17) is 18.6 Å². The van der Waals surface area contributed by atoms with Gasteiger partial charge in [0.2, 0.25) is 5.91 Å². The van der Waals surface area contributed by atoms with Gasteiger partial charge < -0.3 is 29.3 Å². The summed E-state index contributed by atoms with van der Waals surface area (Å²) >= 11 is 0. The molecule has 10 nitrogen and oxygen atoms in total. The van der Waals surface area contributed by atoms with Crippen molar-refractivity contribution in [3.05, 3.63) is 24.2 Å². The summed E-state index contributed by atoms with van der Waals surface area (Å²) in [4.78, 5) is 51.1. The van der Waals surface area contributed by atoms with Crippen molar-refractivity contribution in [2.45, 2.75) is 51.3 Å². The second kappa shape index (κ2) is 12.1. The average molecular weight is 467 g/mol. The molecule has 2 amide bonds. The fourth-order valence-corrected chi connectivity index (χ4v) is 3.44. The third-order valence-electron chi connectivity index (χ3n) is 5.44. The fourth-order valence-electron chi connectivity index (χ4n) is 3.44. The van der Waals surface area contributed by atoms with Crippen molar-refractivity contribution < 1.29 is 37.8 Å². The maximum absolute atomic E-state index is 13.0. The molecule has 0 aliphatic carbocycles. The zero-order chi connectivity index (χ0) is 24.6. The first-order chi connectivity index (χ1) is 15.6. The highest BCUT2D eigenvalue weighted by Crippen LogP contribution is 2.29. The number of furan rings is 1. The van der Waals surface area contributed by atoms with E-state index < -0.39 is 41.2 Å². The minimum absolute atomic E-state index is 0.0245. The standard InChI is InChI=1S/C23H34N2O8/c1-14(2)8-17(20(27)23(3)13-33-23)24-22(29)16(10-30-4)9-19(26)18(12-31-5)25-21(28)15-6-7-32-11-15/h6-7,11,14,16-18H,8-10,12-13H2,1-5H3,(H,24,29)(H,25,28)/t16-,17-,18-,23+/m0/s1. The number of hydrogen-bond acceptors (Lipinski definition) is 8. The summed E-state index contributed by atoms with van der Waals surface area (Å²) in [6, 6.07) is -0.215. The van der Waals surface area contributed by atoms with Crippen molar-refractivity contribution in [2.75, 3.05) is 34.0 Å². The molecule has 2 rings (SSSR count). The van der Waals surface area contributed by atoms with E-state index in [2.05, 4.69) is 10.6 Å². The quantitative estimate of drug-likeness (QED) is 0.367. The lowest BCUT2D eigenvalue weighted by Crippen LogP contribution is -2.50. The van der Waals surface area contributed by atoms with Crippen LogP contribution in [0, 0.1) is 11.8 Å². The van der Waals surface area contributed by atoms with Gasteiger partial charge in [0, 0.05) is 20.6 Å². The van der Waals surface area contributed by atoms with Gasteiger partial charge in [-0.2, -0.15) is 0 Å². The summed E-state index contributed by atoms with van der Waals surface area (Å²) < 4.78 is 20.4. The monoisotopic (exact) mass is 466 g/mol. The van der Waals surface area contributed by atoms with E-state index in [0.717, 1.165) is 0 Å². The molecule has 0 bridgehead atoms. The van der Waals surface area contributed by atoms with Crippen LogP contribution in [0.2, 0.25) is 0 Å². The molecule has 4 atom stereocenters. The number of carbonyl (C=O) groups is 4. The van der Waals surface area contributed by atoms with Gasteiger partial charge in [-0.25, -0.2) is 0 Å². The SMILES string of the molecule is COC[C@H](CC(=O)[C@H](COC)NC(=O)c1ccoc1)C(=O)N[C@@H](CC(C)C)C(=O)[C@@]1(C)CO1. The Balaban J connectivity index is 2.07. The van der Waals surface area contributed by atoms with Crippen molar-refractivity contribution in [3.8, 4) is 0 Å². The van der Waals surface area contributed by atoms with E-state index in [0.29, 0.717) is 13.0 Å². The molecule has 1 aromatic heterocycles. The maximum Gasteiger partial charge on any atom is 0.255 e. The Hall–Kier alpha value is -2.56. The molecule has 184 valence electrons. The second-order valence-electron chi connectivity index (χ2n) is 8.89. The molecule has 0 unspecified atom stereocenters. The molecule has 1 aliphatic rings. The molecule has 10 heteroatoms. The van der Waals surface area contributed by atoms with Gasteiger partial charge in [-0.3, -0.25) is 19.2 Å². The molecule has 0 spiro atoms. The van der Waals surface area contributed by atoms with Crippen LogP contribution in [0.15, 0.2) is 23.0 Å². The Morgan fingerprint density at radius 1 is 1.09 bits per heavy atom. The third kappa shape index (κ3) is 7.76. The van der Waals surface area contributed by atoms with Crippen LogP contribution in [0.4, 0.5) is 0 Å². The van der Waals surface area contributed by atoms with E-state index in [1.807, 2.05) is 13.8 Å². The highest BCUT2D eigenvalue weighted by molar-refractivity contribution is 5.99.